The summed E-state index contributed by atoms with van der Waals surface area (Å²) < 4.78 is 26.9. The number of nitrogens with zero attached hydrogens (tertiary/aromatic N) is 6. The van der Waals surface area contributed by atoms with Crippen LogP contribution < -0.4 is 19.7 Å². The van der Waals surface area contributed by atoms with Crippen LogP contribution >= 0.6 is 0 Å². The highest BCUT2D eigenvalue weighted by Gasteiger charge is 2.24. The van der Waals surface area contributed by atoms with E-state index in [1.807, 2.05) is 13.0 Å². The molecule has 9 nitrogen and oxygen atoms in total. The Morgan fingerprint density at radius 2 is 2.18 bits per heavy atom. The molecule has 2 aliphatic heterocycles. The van der Waals surface area contributed by atoms with Gasteiger partial charge in [0.1, 0.15) is 17.6 Å². The highest BCUT2D eigenvalue weighted by molar-refractivity contribution is 5.90. The van der Waals surface area contributed by atoms with Crippen LogP contribution in [0.25, 0.3) is 11.0 Å². The van der Waals surface area contributed by atoms with E-state index < -0.39 is 5.82 Å². The van der Waals surface area contributed by atoms with E-state index in [4.69, 9.17) is 14.5 Å². The smallest absolute Gasteiger partial charge is 0.172 e. The van der Waals surface area contributed by atoms with Gasteiger partial charge < -0.3 is 19.7 Å². The molecule has 0 aliphatic carbocycles. The van der Waals surface area contributed by atoms with Crippen molar-refractivity contribution in [2.24, 2.45) is 11.0 Å². The molecule has 4 heterocycles. The zero-order valence-electron chi connectivity index (χ0n) is 22.4. The van der Waals surface area contributed by atoms with Gasteiger partial charge in [-0.3, -0.25) is 0 Å². The molecule has 0 radical (unpaired) electrons. The van der Waals surface area contributed by atoms with Crippen LogP contribution in [0.2, 0.25) is 0 Å². The Morgan fingerprint density at radius 3 is 2.95 bits per heavy atom. The van der Waals surface area contributed by atoms with Crippen molar-refractivity contribution < 1.29 is 13.9 Å². The van der Waals surface area contributed by atoms with Crippen LogP contribution in [0.1, 0.15) is 33.6 Å². The predicted molar refractivity (Wildman–Crippen MR) is 152 cm³/mol. The lowest BCUT2D eigenvalue weighted by atomic mass is 10.2. The van der Waals surface area contributed by atoms with Gasteiger partial charge in [-0.25, -0.2) is 24.4 Å². The molecule has 5 rings (SSSR count). The van der Waals surface area contributed by atoms with Crippen molar-refractivity contribution in [3.8, 4) is 11.5 Å². The van der Waals surface area contributed by atoms with Crippen molar-refractivity contribution >= 4 is 34.6 Å². The van der Waals surface area contributed by atoms with Gasteiger partial charge in [-0.2, -0.15) is 5.10 Å². The fourth-order valence-corrected chi connectivity index (χ4v) is 4.42. The standard InChI is InChI=1S/C29H32FN7O2/c1-5-7-11-36-16-19(3)17-38-26-15-24-27(35-29(26)36)28(32-18-31-24)34-21-8-9-25(23(30)14-21)39-22-10-12-37(33-6-2)20(4)13-22/h6,8-10,12-15,18-19H,4-5,7,11,16-17H2,1-3H3,(H,31,32,34)/b33-6-. The Bertz CT molecular complexity index is 1470. The predicted octanol–water partition coefficient (Wildman–Crippen LogP) is 6.15. The van der Waals surface area contributed by atoms with Crippen LogP contribution in [-0.2, 0) is 0 Å². The Balaban J connectivity index is 1.39. The summed E-state index contributed by atoms with van der Waals surface area (Å²) in [4.78, 5) is 16.0. The second kappa shape index (κ2) is 11.5. The van der Waals surface area contributed by atoms with Crippen LogP contribution in [0.4, 0.5) is 21.7 Å². The fraction of sp³-hybridized carbons (Fsp3) is 0.310. The molecule has 202 valence electrons. The van der Waals surface area contributed by atoms with Gasteiger partial charge >= 0.3 is 0 Å². The number of fused-ring (bicyclic) bond motifs is 2. The van der Waals surface area contributed by atoms with Gasteiger partial charge in [0.2, 0.25) is 0 Å². The molecule has 1 unspecified atom stereocenters. The number of anilines is 3. The minimum absolute atomic E-state index is 0.0884. The largest absolute Gasteiger partial charge is 0.489 e. The van der Waals surface area contributed by atoms with Crippen molar-refractivity contribution in [2.75, 3.05) is 29.9 Å². The molecule has 0 fully saturated rings. The molecule has 0 spiro atoms. The maximum absolute atomic E-state index is 15.0. The second-order valence-corrected chi connectivity index (χ2v) is 9.56. The summed E-state index contributed by atoms with van der Waals surface area (Å²) in [5.41, 5.74) is 2.35. The topological polar surface area (TPSA) is 88.0 Å². The Morgan fingerprint density at radius 1 is 1.31 bits per heavy atom. The van der Waals surface area contributed by atoms with Gasteiger partial charge in [0.25, 0.3) is 0 Å². The molecule has 0 saturated heterocycles. The van der Waals surface area contributed by atoms with E-state index in [0.717, 1.165) is 37.5 Å². The van der Waals surface area contributed by atoms with Crippen molar-refractivity contribution in [1.29, 1.82) is 0 Å². The first-order valence-corrected chi connectivity index (χ1v) is 13.1. The first-order valence-electron chi connectivity index (χ1n) is 13.1. The number of hydrogen-bond acceptors (Lipinski definition) is 9. The number of hydrazone groups is 1. The number of hydrogen-bond donors (Lipinski definition) is 1. The van der Waals surface area contributed by atoms with E-state index in [0.29, 0.717) is 46.5 Å². The van der Waals surface area contributed by atoms with Crippen LogP contribution in [0.15, 0.2) is 72.1 Å². The molecule has 39 heavy (non-hydrogen) atoms. The molecular weight excluding hydrogens is 497 g/mol. The average Bonchev–Trinajstić information content (AvgIpc) is 3.07. The van der Waals surface area contributed by atoms with Crippen molar-refractivity contribution in [1.82, 2.24) is 20.0 Å². The van der Waals surface area contributed by atoms with Gasteiger partial charge in [0, 0.05) is 55.3 Å². The quantitative estimate of drug-likeness (QED) is 0.348. The van der Waals surface area contributed by atoms with E-state index in [1.165, 1.54) is 12.4 Å². The molecule has 2 aliphatic rings. The zero-order valence-corrected chi connectivity index (χ0v) is 22.4. The highest BCUT2D eigenvalue weighted by Crippen LogP contribution is 2.35. The number of unbranched alkanes of at least 4 members (excludes halogenated alkanes) is 1. The Hall–Kier alpha value is -4.47. The summed E-state index contributed by atoms with van der Waals surface area (Å²) in [5.74, 6) is 2.37. The average molecular weight is 530 g/mol. The van der Waals surface area contributed by atoms with Crippen molar-refractivity contribution in [3.05, 3.63) is 72.8 Å². The first kappa shape index (κ1) is 26.1. The number of rotatable bonds is 8. The minimum atomic E-state index is -0.526. The molecular formula is C29H32FN7O2. The Kier molecular flexibility index (Phi) is 7.72. The number of halogens is 1. The molecule has 1 aromatic carbocycles. The summed E-state index contributed by atoms with van der Waals surface area (Å²) in [7, 11) is 0. The fourth-order valence-electron chi connectivity index (χ4n) is 4.42. The van der Waals surface area contributed by atoms with Crippen molar-refractivity contribution in [2.45, 2.75) is 33.6 Å². The summed E-state index contributed by atoms with van der Waals surface area (Å²) in [5, 5.41) is 8.96. The first-order chi connectivity index (χ1) is 18.9. The number of pyridine rings is 1. The molecule has 0 bridgehead atoms. The highest BCUT2D eigenvalue weighted by atomic mass is 19.1. The molecule has 1 N–H and O–H groups in total. The van der Waals surface area contributed by atoms with Gasteiger partial charge in [0.05, 0.1) is 17.8 Å². The third-order valence-electron chi connectivity index (χ3n) is 6.34. The molecule has 10 heteroatoms. The van der Waals surface area contributed by atoms with Gasteiger partial charge in [-0.15, -0.1) is 0 Å². The van der Waals surface area contributed by atoms with Crippen LogP contribution in [0, 0.1) is 11.7 Å². The number of allylic oxidation sites excluding steroid dienone is 2. The second-order valence-electron chi connectivity index (χ2n) is 9.56. The molecule has 0 amide bonds. The SMILES string of the molecule is C=C1C=C(Oc2ccc(Nc3ncnc4cc5c(nc34)N(CCCC)CC(C)CO5)cc2F)C=CN1/N=C\C. The van der Waals surface area contributed by atoms with Gasteiger partial charge in [0.15, 0.2) is 29.0 Å². The number of nitrogens with one attached hydrogen (secondary N) is 1. The van der Waals surface area contributed by atoms with Gasteiger partial charge in [-0.05, 0) is 31.6 Å². The lowest BCUT2D eigenvalue weighted by Gasteiger charge is -2.24. The molecule has 1 atom stereocenters. The zero-order chi connectivity index (χ0) is 27.4. The summed E-state index contributed by atoms with van der Waals surface area (Å²) in [6, 6.07) is 6.56. The van der Waals surface area contributed by atoms with Crippen molar-refractivity contribution in [3.63, 3.8) is 0 Å². The van der Waals surface area contributed by atoms with E-state index in [9.17, 15) is 0 Å². The third-order valence-corrected chi connectivity index (χ3v) is 6.34. The van der Waals surface area contributed by atoms with Gasteiger partial charge in [-0.1, -0.05) is 26.8 Å². The normalized spacial score (nSPS) is 17.2. The monoisotopic (exact) mass is 529 g/mol. The van der Waals surface area contributed by atoms with E-state index in [2.05, 4.69) is 45.7 Å². The van der Waals surface area contributed by atoms with Crippen LogP contribution in [-0.4, -0.2) is 45.9 Å². The maximum atomic E-state index is 15.0. The lowest BCUT2D eigenvalue weighted by molar-refractivity contribution is 0.273. The minimum Gasteiger partial charge on any atom is -0.489 e. The number of ether oxygens (including phenoxy) is 2. The maximum Gasteiger partial charge on any atom is 0.172 e. The Labute approximate surface area is 227 Å². The van der Waals surface area contributed by atoms with Crippen LogP contribution in [0.5, 0.6) is 11.5 Å². The number of aromatic nitrogens is 3. The number of benzene rings is 1. The van der Waals surface area contributed by atoms with Crippen LogP contribution in [0.3, 0.4) is 0 Å². The molecule has 3 aromatic rings. The van der Waals surface area contributed by atoms with E-state index in [-0.39, 0.29) is 5.75 Å². The summed E-state index contributed by atoms with van der Waals surface area (Å²) >= 11 is 0. The lowest BCUT2D eigenvalue weighted by Crippen LogP contribution is -2.30. The third kappa shape index (κ3) is 5.84. The molecule has 0 saturated carbocycles. The van der Waals surface area contributed by atoms with E-state index >= 15 is 4.39 Å². The molecule has 2 aromatic heterocycles. The summed E-state index contributed by atoms with van der Waals surface area (Å²) in [6.45, 7) is 12.5. The van der Waals surface area contributed by atoms with E-state index in [1.54, 1.807) is 41.7 Å². The summed E-state index contributed by atoms with van der Waals surface area (Å²) in [6.07, 6.45) is 10.4.